The van der Waals surface area contributed by atoms with Crippen molar-refractivity contribution >= 4 is 15.7 Å². The molecule has 0 aliphatic carbocycles. The number of methoxy groups -OCH3 is 1. The van der Waals surface area contributed by atoms with Crippen molar-refractivity contribution in [1.82, 2.24) is 4.31 Å². The molecule has 0 amide bonds. The van der Waals surface area contributed by atoms with E-state index in [4.69, 9.17) is 4.74 Å². The molecule has 0 saturated carbocycles. The zero-order valence-electron chi connectivity index (χ0n) is 14.5. The van der Waals surface area contributed by atoms with Crippen molar-refractivity contribution in [3.05, 3.63) is 60.2 Å². The third kappa shape index (κ3) is 4.32. The van der Waals surface area contributed by atoms with Crippen LogP contribution < -0.4 is 9.64 Å². The minimum Gasteiger partial charge on any atom is -0.495 e. The van der Waals surface area contributed by atoms with E-state index in [0.717, 1.165) is 17.0 Å². The Morgan fingerprint density at radius 1 is 0.920 bits per heavy atom. The minimum absolute atomic E-state index is 0.158. The van der Waals surface area contributed by atoms with Crippen LogP contribution in [0.15, 0.2) is 54.6 Å². The lowest BCUT2D eigenvalue weighted by Gasteiger charge is -2.36. The van der Waals surface area contributed by atoms with E-state index in [9.17, 15) is 8.42 Å². The number of anilines is 1. The summed E-state index contributed by atoms with van der Waals surface area (Å²) in [4.78, 5) is 2.18. The number of hydrogen-bond acceptors (Lipinski definition) is 4. The van der Waals surface area contributed by atoms with Crippen LogP contribution in [0.3, 0.4) is 0 Å². The lowest BCUT2D eigenvalue weighted by Crippen LogP contribution is -2.49. The Kier molecular flexibility index (Phi) is 5.60. The standard InChI is InChI=1S/C19H24N2O3S/c1-24-19-10-6-5-9-18(19)20-12-14-21(15-13-20)25(22,23)16-11-17-7-3-2-4-8-17/h2-10H,11-16H2,1H3. The van der Waals surface area contributed by atoms with Gasteiger partial charge in [-0.1, -0.05) is 42.5 Å². The van der Waals surface area contributed by atoms with E-state index >= 15 is 0 Å². The fourth-order valence-corrected chi connectivity index (χ4v) is 4.59. The molecule has 3 rings (SSSR count). The first-order valence-corrected chi connectivity index (χ1v) is 10.1. The van der Waals surface area contributed by atoms with Crippen LogP contribution in [0.25, 0.3) is 0 Å². The molecule has 0 spiro atoms. The first-order valence-electron chi connectivity index (χ1n) is 8.50. The molecule has 0 radical (unpaired) electrons. The van der Waals surface area contributed by atoms with Crippen LogP contribution in [0, 0.1) is 0 Å². The Morgan fingerprint density at radius 2 is 1.56 bits per heavy atom. The molecule has 2 aromatic carbocycles. The number of nitrogens with zero attached hydrogens (tertiary/aromatic N) is 2. The van der Waals surface area contributed by atoms with Crippen LogP contribution in [0.1, 0.15) is 5.56 Å². The number of hydrogen-bond donors (Lipinski definition) is 0. The Morgan fingerprint density at radius 3 is 2.24 bits per heavy atom. The van der Waals surface area contributed by atoms with Gasteiger partial charge in [0.2, 0.25) is 10.0 Å². The van der Waals surface area contributed by atoms with Crippen LogP contribution in [0.4, 0.5) is 5.69 Å². The summed E-state index contributed by atoms with van der Waals surface area (Å²) in [5.74, 6) is 0.981. The van der Waals surface area contributed by atoms with E-state index in [1.807, 2.05) is 54.6 Å². The molecule has 0 atom stereocenters. The summed E-state index contributed by atoms with van der Waals surface area (Å²) >= 11 is 0. The summed E-state index contributed by atoms with van der Waals surface area (Å²) in [6.45, 7) is 2.36. The molecule has 25 heavy (non-hydrogen) atoms. The van der Waals surface area contributed by atoms with Crippen LogP contribution >= 0.6 is 0 Å². The molecule has 1 fully saturated rings. The van der Waals surface area contributed by atoms with Gasteiger partial charge in [-0.05, 0) is 24.1 Å². The van der Waals surface area contributed by atoms with Gasteiger partial charge >= 0.3 is 0 Å². The zero-order chi connectivity index (χ0) is 17.7. The maximum absolute atomic E-state index is 12.6. The highest BCUT2D eigenvalue weighted by atomic mass is 32.2. The highest BCUT2D eigenvalue weighted by Crippen LogP contribution is 2.28. The molecule has 6 heteroatoms. The summed E-state index contributed by atoms with van der Waals surface area (Å²) in [5.41, 5.74) is 2.07. The third-order valence-corrected chi connectivity index (χ3v) is 6.42. The Bertz CT molecular complexity index is 785. The maximum atomic E-state index is 12.6. The molecule has 0 unspecified atom stereocenters. The Hall–Kier alpha value is -2.05. The molecule has 0 aromatic heterocycles. The fraction of sp³-hybridized carbons (Fsp3) is 0.368. The van der Waals surface area contributed by atoms with E-state index in [1.165, 1.54) is 0 Å². The van der Waals surface area contributed by atoms with Crippen molar-refractivity contribution in [3.8, 4) is 5.75 Å². The predicted molar refractivity (Wildman–Crippen MR) is 101 cm³/mol. The highest BCUT2D eigenvalue weighted by molar-refractivity contribution is 7.89. The number of para-hydroxylation sites is 2. The molecular weight excluding hydrogens is 336 g/mol. The van der Waals surface area contributed by atoms with Crippen molar-refractivity contribution in [3.63, 3.8) is 0 Å². The van der Waals surface area contributed by atoms with Gasteiger partial charge in [-0.3, -0.25) is 0 Å². The van der Waals surface area contributed by atoms with Gasteiger partial charge < -0.3 is 9.64 Å². The molecule has 0 bridgehead atoms. The second-order valence-corrected chi connectivity index (χ2v) is 8.20. The van der Waals surface area contributed by atoms with Gasteiger partial charge in [0.1, 0.15) is 5.75 Å². The average molecular weight is 360 g/mol. The van der Waals surface area contributed by atoms with Gasteiger partial charge in [-0.2, -0.15) is 4.31 Å². The monoisotopic (exact) mass is 360 g/mol. The van der Waals surface area contributed by atoms with Gasteiger partial charge in [0.15, 0.2) is 0 Å². The molecule has 134 valence electrons. The fourth-order valence-electron chi connectivity index (χ4n) is 3.12. The zero-order valence-corrected chi connectivity index (χ0v) is 15.3. The number of piperazine rings is 1. The molecule has 1 aliphatic rings. The second kappa shape index (κ2) is 7.89. The van der Waals surface area contributed by atoms with Crippen molar-refractivity contribution in [2.24, 2.45) is 0 Å². The summed E-state index contributed by atoms with van der Waals surface area (Å²) in [5, 5.41) is 0. The van der Waals surface area contributed by atoms with Gasteiger partial charge in [0.25, 0.3) is 0 Å². The van der Waals surface area contributed by atoms with E-state index in [-0.39, 0.29) is 5.75 Å². The number of rotatable bonds is 6. The van der Waals surface area contributed by atoms with Crippen molar-refractivity contribution in [2.45, 2.75) is 6.42 Å². The van der Waals surface area contributed by atoms with Crippen molar-refractivity contribution in [1.29, 1.82) is 0 Å². The quantitative estimate of drug-likeness (QED) is 0.794. The third-order valence-electron chi connectivity index (χ3n) is 4.55. The smallest absolute Gasteiger partial charge is 0.214 e. The first kappa shape index (κ1) is 17.8. The number of aryl methyl sites for hydroxylation is 1. The predicted octanol–water partition coefficient (Wildman–Crippen LogP) is 2.39. The van der Waals surface area contributed by atoms with E-state index < -0.39 is 10.0 Å². The molecule has 1 saturated heterocycles. The Balaban J connectivity index is 1.59. The van der Waals surface area contributed by atoms with Crippen LogP contribution in [0.2, 0.25) is 0 Å². The lowest BCUT2D eigenvalue weighted by atomic mass is 10.2. The van der Waals surface area contributed by atoms with Gasteiger partial charge in [-0.25, -0.2) is 8.42 Å². The maximum Gasteiger partial charge on any atom is 0.214 e. The number of benzene rings is 2. The molecular formula is C19H24N2O3S. The Labute approximate surface area is 149 Å². The molecule has 1 heterocycles. The molecule has 5 nitrogen and oxygen atoms in total. The first-order chi connectivity index (χ1) is 12.1. The second-order valence-electron chi connectivity index (χ2n) is 6.11. The van der Waals surface area contributed by atoms with Crippen molar-refractivity contribution < 1.29 is 13.2 Å². The summed E-state index contributed by atoms with van der Waals surface area (Å²) in [6, 6.07) is 17.6. The van der Waals surface area contributed by atoms with E-state index in [2.05, 4.69) is 4.90 Å². The number of sulfonamides is 1. The summed E-state index contributed by atoms with van der Waals surface area (Å²) < 4.78 is 32.2. The van der Waals surface area contributed by atoms with E-state index in [1.54, 1.807) is 11.4 Å². The SMILES string of the molecule is COc1ccccc1N1CCN(S(=O)(=O)CCc2ccccc2)CC1. The van der Waals surface area contributed by atoms with Gasteiger partial charge in [0, 0.05) is 26.2 Å². The topological polar surface area (TPSA) is 49.9 Å². The van der Waals surface area contributed by atoms with Gasteiger partial charge in [-0.15, -0.1) is 0 Å². The molecule has 0 N–H and O–H groups in total. The van der Waals surface area contributed by atoms with Gasteiger partial charge in [0.05, 0.1) is 18.6 Å². The van der Waals surface area contributed by atoms with E-state index in [0.29, 0.717) is 32.6 Å². The molecule has 2 aromatic rings. The minimum atomic E-state index is -3.23. The summed E-state index contributed by atoms with van der Waals surface area (Å²) in [6.07, 6.45) is 0.551. The number of ether oxygens (including phenoxy) is 1. The van der Waals surface area contributed by atoms with Crippen LogP contribution in [0.5, 0.6) is 5.75 Å². The highest BCUT2D eigenvalue weighted by Gasteiger charge is 2.27. The lowest BCUT2D eigenvalue weighted by molar-refractivity contribution is 0.378. The average Bonchev–Trinajstić information content (AvgIpc) is 2.67. The molecule has 1 aliphatic heterocycles. The largest absolute Gasteiger partial charge is 0.495 e. The van der Waals surface area contributed by atoms with Crippen molar-refractivity contribution in [2.75, 3.05) is 43.9 Å². The summed E-state index contributed by atoms with van der Waals surface area (Å²) in [7, 11) is -1.57. The normalized spacial score (nSPS) is 16.0. The van der Waals surface area contributed by atoms with Crippen LogP contribution in [-0.2, 0) is 16.4 Å². The van der Waals surface area contributed by atoms with Crippen LogP contribution in [-0.4, -0.2) is 51.8 Å².